The molecule has 1 aliphatic heterocycles. The van der Waals surface area contributed by atoms with E-state index >= 15 is 0 Å². The summed E-state index contributed by atoms with van der Waals surface area (Å²) in [6.07, 6.45) is 2.80. The Hall–Kier alpha value is -4.19. The van der Waals surface area contributed by atoms with Gasteiger partial charge in [-0.25, -0.2) is 0 Å². The third-order valence-corrected chi connectivity index (χ3v) is 10.7. The highest BCUT2D eigenvalue weighted by Crippen LogP contribution is 2.54. The number of nitrogens with two attached hydrogens (primary N) is 1. The number of phenols is 1. The van der Waals surface area contributed by atoms with Gasteiger partial charge >= 0.3 is 0 Å². The Balaban J connectivity index is 1.36. The van der Waals surface area contributed by atoms with Crippen LogP contribution < -0.4 is 10.6 Å². The summed E-state index contributed by atoms with van der Waals surface area (Å²) in [6, 6.07) is 11.2. The number of hydrogen-bond acceptors (Lipinski definition) is 10. The maximum Gasteiger partial charge on any atom is 0.255 e. The van der Waals surface area contributed by atoms with Crippen LogP contribution in [-0.4, -0.2) is 101 Å². The van der Waals surface area contributed by atoms with Crippen molar-refractivity contribution in [3.63, 3.8) is 0 Å². The number of aliphatic hydroxyl groups excluding tert-OH is 2. The Bertz CT molecular complexity index is 1690. The zero-order valence-electron chi connectivity index (χ0n) is 27.4. The van der Waals surface area contributed by atoms with Crippen LogP contribution in [0.5, 0.6) is 5.75 Å². The smallest absolute Gasteiger partial charge is 0.255 e. The molecular formula is C36H44N4O7. The number of fused-ring (bicyclic) bond motifs is 3. The Morgan fingerprint density at radius 2 is 1.70 bits per heavy atom. The van der Waals surface area contributed by atoms with Gasteiger partial charge in [0.1, 0.15) is 22.8 Å². The molecule has 6 rings (SSSR count). The zero-order valence-corrected chi connectivity index (χ0v) is 27.4. The van der Waals surface area contributed by atoms with Crippen LogP contribution in [0.1, 0.15) is 41.5 Å². The summed E-state index contributed by atoms with van der Waals surface area (Å²) in [4.78, 5) is 45.7. The summed E-state index contributed by atoms with van der Waals surface area (Å²) < 4.78 is 0. The third kappa shape index (κ3) is 5.30. The lowest BCUT2D eigenvalue weighted by Gasteiger charge is -2.50. The summed E-state index contributed by atoms with van der Waals surface area (Å²) in [7, 11) is 6.94. The number of carbonyl (C=O) groups is 3. The lowest BCUT2D eigenvalue weighted by atomic mass is 9.57. The molecule has 11 heteroatoms. The van der Waals surface area contributed by atoms with Gasteiger partial charge in [0.05, 0.1) is 11.6 Å². The fourth-order valence-electron chi connectivity index (χ4n) is 8.40. The number of piperidine rings is 1. The molecule has 1 saturated carbocycles. The second kappa shape index (κ2) is 12.1. The molecule has 250 valence electrons. The number of amides is 1. The fraction of sp³-hybridized carbons (Fsp3) is 0.472. The largest absolute Gasteiger partial charge is 0.508 e. The molecule has 2 fully saturated rings. The molecule has 0 bridgehead atoms. The van der Waals surface area contributed by atoms with Crippen molar-refractivity contribution < 1.29 is 34.8 Å². The zero-order chi connectivity index (χ0) is 33.9. The number of primary amides is 1. The number of carbonyl (C=O) groups excluding carboxylic acids is 3. The van der Waals surface area contributed by atoms with Gasteiger partial charge in [-0.15, -0.1) is 0 Å². The van der Waals surface area contributed by atoms with Gasteiger partial charge in [-0.2, -0.15) is 0 Å². The van der Waals surface area contributed by atoms with E-state index in [4.69, 9.17) is 5.73 Å². The van der Waals surface area contributed by atoms with Gasteiger partial charge in [0.15, 0.2) is 11.4 Å². The van der Waals surface area contributed by atoms with Crippen molar-refractivity contribution in [2.45, 2.75) is 50.3 Å². The molecule has 2 aromatic rings. The molecule has 3 aliphatic carbocycles. The maximum atomic E-state index is 14.2. The molecule has 1 saturated heterocycles. The number of phenolic OH excluding ortho intramolecular Hbond substituents is 1. The van der Waals surface area contributed by atoms with E-state index in [1.165, 1.54) is 10.5 Å². The molecule has 0 aromatic heterocycles. The molecule has 11 nitrogen and oxygen atoms in total. The van der Waals surface area contributed by atoms with Gasteiger partial charge in [-0.1, -0.05) is 30.3 Å². The first-order valence-electron chi connectivity index (χ1n) is 16.2. The number of anilines is 1. The first-order valence-corrected chi connectivity index (χ1v) is 16.2. The van der Waals surface area contributed by atoms with Crippen LogP contribution in [0.25, 0.3) is 5.76 Å². The monoisotopic (exact) mass is 644 g/mol. The number of ketones is 2. The normalized spacial score (nSPS) is 26.7. The maximum absolute atomic E-state index is 14.2. The van der Waals surface area contributed by atoms with E-state index in [9.17, 15) is 34.8 Å². The summed E-state index contributed by atoms with van der Waals surface area (Å²) in [6.45, 7) is 2.75. The van der Waals surface area contributed by atoms with Crippen LogP contribution in [0.4, 0.5) is 5.69 Å². The van der Waals surface area contributed by atoms with Crippen molar-refractivity contribution >= 4 is 28.9 Å². The van der Waals surface area contributed by atoms with Crippen molar-refractivity contribution in [2.75, 3.05) is 46.2 Å². The van der Waals surface area contributed by atoms with Crippen LogP contribution in [0, 0.1) is 17.8 Å². The van der Waals surface area contributed by atoms with Gasteiger partial charge in [0.2, 0.25) is 5.78 Å². The van der Waals surface area contributed by atoms with E-state index < -0.39 is 58.0 Å². The number of aliphatic hydroxyl groups is 3. The number of rotatable bonds is 7. The van der Waals surface area contributed by atoms with Crippen LogP contribution in [0.15, 0.2) is 53.3 Å². The van der Waals surface area contributed by atoms with Gasteiger partial charge in [0, 0.05) is 37.8 Å². The van der Waals surface area contributed by atoms with Gasteiger partial charge in [-0.05, 0) is 93.9 Å². The topological polar surface area (TPSA) is 168 Å². The van der Waals surface area contributed by atoms with Gasteiger partial charge in [0.25, 0.3) is 5.91 Å². The molecule has 4 atom stereocenters. The van der Waals surface area contributed by atoms with Crippen LogP contribution >= 0.6 is 0 Å². The van der Waals surface area contributed by atoms with Gasteiger partial charge in [-0.3, -0.25) is 24.2 Å². The predicted molar refractivity (Wildman–Crippen MR) is 177 cm³/mol. The highest BCUT2D eigenvalue weighted by atomic mass is 16.3. The van der Waals surface area contributed by atoms with Crippen LogP contribution in [-0.2, 0) is 33.8 Å². The first-order chi connectivity index (χ1) is 22.2. The van der Waals surface area contributed by atoms with E-state index in [0.29, 0.717) is 23.5 Å². The third-order valence-electron chi connectivity index (χ3n) is 10.7. The number of Topliss-reactive ketones (excluding diaryl/α,β-unsaturated/α-hetero) is 2. The number of aromatic hydroxyl groups is 1. The van der Waals surface area contributed by atoms with E-state index in [2.05, 4.69) is 17.0 Å². The summed E-state index contributed by atoms with van der Waals surface area (Å²) >= 11 is 0. The number of benzene rings is 2. The number of hydrogen-bond donors (Lipinski definition) is 5. The number of likely N-dealkylation sites (N-methyl/N-ethyl adjacent to an activating group) is 1. The summed E-state index contributed by atoms with van der Waals surface area (Å²) in [5.41, 5.74) is 5.37. The number of nitrogens with zero attached hydrogens (tertiary/aromatic N) is 3. The van der Waals surface area contributed by atoms with Crippen LogP contribution in [0.2, 0.25) is 0 Å². The van der Waals surface area contributed by atoms with E-state index in [0.717, 1.165) is 38.2 Å². The van der Waals surface area contributed by atoms with Crippen molar-refractivity contribution in [3.8, 4) is 5.75 Å². The minimum atomic E-state index is -2.66. The van der Waals surface area contributed by atoms with Crippen LogP contribution in [0.3, 0.4) is 0 Å². The van der Waals surface area contributed by atoms with Crippen molar-refractivity contribution in [1.29, 1.82) is 0 Å². The quantitative estimate of drug-likeness (QED) is 0.283. The molecular weight excluding hydrogens is 600 g/mol. The fourth-order valence-corrected chi connectivity index (χ4v) is 8.40. The standard InChI is InChI=1S/C36H44N4O7/c1-38(2)25-17-22(14-19-10-12-40(13-11-19)18-20-8-6-5-7-9-20)30(41)27-23(25)15-21-16-24-29(39(3)4)32(43)28(35(37)46)34(45)36(24,47)33(44)26(21)31(27)42/h5-9,17,19,21,24,29,41-42,45,47H,10-16,18H2,1-4H3,(H2,37,46)/t21-,24-,29-,36-/m0/s1. The first kappa shape index (κ1) is 32.7. The Morgan fingerprint density at radius 3 is 2.30 bits per heavy atom. The highest BCUT2D eigenvalue weighted by molar-refractivity contribution is 6.24. The lowest BCUT2D eigenvalue weighted by molar-refractivity contribution is -0.153. The Kier molecular flexibility index (Phi) is 8.44. The van der Waals surface area contributed by atoms with E-state index in [1.807, 2.05) is 43.3 Å². The summed E-state index contributed by atoms with van der Waals surface area (Å²) in [5.74, 6) is -6.08. The SMILES string of the molecule is CN(C)c1cc(CC2CCN(Cc3ccccc3)CC2)c(O)c2c1C[C@H]1C[C@H]3[C@H](N(C)C)C(=O)C(C(N)=O)=C(O)[C@@]3(O)C(=O)C1=C2O. The molecule has 6 N–H and O–H groups in total. The van der Waals surface area contributed by atoms with E-state index in [1.54, 1.807) is 14.1 Å². The highest BCUT2D eigenvalue weighted by Gasteiger charge is 2.64. The van der Waals surface area contributed by atoms with Gasteiger partial charge < -0.3 is 31.1 Å². The molecule has 47 heavy (non-hydrogen) atoms. The molecule has 0 spiro atoms. The van der Waals surface area contributed by atoms with Crippen molar-refractivity contribution in [3.05, 3.63) is 75.6 Å². The van der Waals surface area contributed by atoms with Crippen molar-refractivity contribution in [2.24, 2.45) is 23.5 Å². The molecule has 4 aliphatic rings. The second-order valence-electron chi connectivity index (χ2n) is 14.0. The molecule has 1 heterocycles. The molecule has 0 unspecified atom stereocenters. The Labute approximate surface area is 274 Å². The Morgan fingerprint density at radius 1 is 1.04 bits per heavy atom. The average molecular weight is 645 g/mol. The number of likely N-dealkylation sites (tertiary alicyclic amines) is 1. The molecule has 2 aromatic carbocycles. The molecule has 0 radical (unpaired) electrons. The van der Waals surface area contributed by atoms with E-state index in [-0.39, 0.29) is 29.7 Å². The molecule has 1 amide bonds. The lowest BCUT2D eigenvalue weighted by Crippen LogP contribution is -2.65. The second-order valence-corrected chi connectivity index (χ2v) is 14.0. The van der Waals surface area contributed by atoms with Crippen molar-refractivity contribution in [1.82, 2.24) is 9.80 Å². The predicted octanol–water partition coefficient (Wildman–Crippen LogP) is 2.48. The average Bonchev–Trinajstić information content (AvgIpc) is 3.01. The minimum Gasteiger partial charge on any atom is -0.508 e. The minimum absolute atomic E-state index is 0.0582. The summed E-state index contributed by atoms with van der Waals surface area (Å²) in [5, 5.41) is 46.6.